The van der Waals surface area contributed by atoms with Gasteiger partial charge in [0.05, 0.1) is 4.90 Å². The van der Waals surface area contributed by atoms with Gasteiger partial charge in [0.15, 0.2) is 0 Å². The molecule has 13 heteroatoms. The molecule has 164 valence electrons. The lowest BCUT2D eigenvalue weighted by atomic mass is 10.1. The van der Waals surface area contributed by atoms with E-state index in [1.165, 1.54) is 30.3 Å². The fraction of sp³-hybridized carbons (Fsp3) is 0.235. The number of carbonyl (C=O) groups excluding carboxylic acids is 1. The number of hydrogen-bond acceptors (Lipinski definition) is 4. The molecule has 2 aromatic rings. The van der Waals surface area contributed by atoms with Gasteiger partial charge in [0, 0.05) is 5.56 Å². The van der Waals surface area contributed by atoms with E-state index in [1.54, 1.807) is 6.92 Å². The summed E-state index contributed by atoms with van der Waals surface area (Å²) in [6.45, 7) is 1.60. The standard InChI is InChI=1S/C17H15F6N3O3S/c1-11-7-9-13(10-8-11)30(28,29)26-25-15(16(18,19)20,17(21,22)23)24-14(27)12-5-3-2-4-6-12/h2-10,25-26H,1H3,(H,24,27). The molecule has 0 heterocycles. The van der Waals surface area contributed by atoms with Gasteiger partial charge in [-0.15, -0.1) is 4.83 Å². The summed E-state index contributed by atoms with van der Waals surface area (Å²) in [6, 6.07) is 10.4. The molecule has 3 N–H and O–H groups in total. The third-order valence-electron chi connectivity index (χ3n) is 3.89. The number of halogens is 6. The number of sulfonamides is 1. The molecule has 0 spiro atoms. The largest absolute Gasteiger partial charge is 0.435 e. The highest BCUT2D eigenvalue weighted by atomic mass is 32.2. The Balaban J connectivity index is 2.43. The van der Waals surface area contributed by atoms with Gasteiger partial charge >= 0.3 is 12.4 Å². The average Bonchev–Trinajstić information content (AvgIpc) is 2.64. The molecule has 6 nitrogen and oxygen atoms in total. The molecule has 1 amide bonds. The van der Waals surface area contributed by atoms with Crippen LogP contribution in [0.5, 0.6) is 0 Å². The second-order valence-electron chi connectivity index (χ2n) is 6.11. The molecule has 0 saturated carbocycles. The van der Waals surface area contributed by atoms with Gasteiger partial charge in [-0.1, -0.05) is 35.9 Å². The highest BCUT2D eigenvalue weighted by molar-refractivity contribution is 7.89. The number of alkyl halides is 6. The predicted octanol–water partition coefficient (Wildman–Crippen LogP) is 3.03. The van der Waals surface area contributed by atoms with Crippen molar-refractivity contribution in [1.29, 1.82) is 0 Å². The van der Waals surface area contributed by atoms with Crippen LogP contribution in [-0.2, 0) is 10.0 Å². The van der Waals surface area contributed by atoms with Crippen molar-refractivity contribution in [3.05, 3.63) is 65.7 Å². The van der Waals surface area contributed by atoms with Crippen molar-refractivity contribution in [3.63, 3.8) is 0 Å². The number of nitrogens with one attached hydrogen (secondary N) is 3. The van der Waals surface area contributed by atoms with E-state index in [1.807, 2.05) is 0 Å². The van der Waals surface area contributed by atoms with E-state index in [9.17, 15) is 39.6 Å². The zero-order valence-corrected chi connectivity index (χ0v) is 15.9. The van der Waals surface area contributed by atoms with Gasteiger partial charge in [-0.3, -0.25) is 4.79 Å². The van der Waals surface area contributed by atoms with Crippen molar-refractivity contribution in [2.24, 2.45) is 0 Å². The van der Waals surface area contributed by atoms with E-state index in [-0.39, 0.29) is 0 Å². The van der Waals surface area contributed by atoms with Crippen molar-refractivity contribution in [2.45, 2.75) is 29.8 Å². The van der Waals surface area contributed by atoms with Crippen molar-refractivity contribution in [1.82, 2.24) is 15.6 Å². The summed E-state index contributed by atoms with van der Waals surface area (Å²) in [5, 5.41) is 0.833. The van der Waals surface area contributed by atoms with E-state index in [2.05, 4.69) is 0 Å². The monoisotopic (exact) mass is 455 g/mol. The van der Waals surface area contributed by atoms with E-state index in [4.69, 9.17) is 0 Å². The van der Waals surface area contributed by atoms with Crippen LogP contribution in [0.15, 0.2) is 59.5 Å². The molecule has 0 aromatic heterocycles. The minimum atomic E-state index is -6.18. The number of amides is 1. The Morgan fingerprint density at radius 2 is 1.33 bits per heavy atom. The smallest absolute Gasteiger partial charge is 0.318 e. The summed E-state index contributed by atoms with van der Waals surface area (Å²) in [5.41, 5.74) is -4.25. The fourth-order valence-corrected chi connectivity index (χ4v) is 3.13. The van der Waals surface area contributed by atoms with Crippen LogP contribution in [-0.4, -0.2) is 32.3 Å². The summed E-state index contributed by atoms with van der Waals surface area (Å²) < 4.78 is 106. The first-order valence-corrected chi connectivity index (χ1v) is 9.54. The molecule has 0 radical (unpaired) electrons. The van der Waals surface area contributed by atoms with Gasteiger partial charge in [-0.05, 0) is 31.2 Å². The van der Waals surface area contributed by atoms with Crippen LogP contribution >= 0.6 is 0 Å². The van der Waals surface area contributed by atoms with Gasteiger partial charge in [-0.2, -0.15) is 26.3 Å². The summed E-state index contributed by atoms with van der Waals surface area (Å²) >= 11 is 0. The van der Waals surface area contributed by atoms with Crippen LogP contribution in [0, 0.1) is 6.92 Å². The maximum Gasteiger partial charge on any atom is 0.435 e. The predicted molar refractivity (Wildman–Crippen MR) is 93.4 cm³/mol. The first-order chi connectivity index (χ1) is 13.7. The highest BCUT2D eigenvalue weighted by Gasteiger charge is 2.72. The Hall–Kier alpha value is -2.64. The van der Waals surface area contributed by atoms with E-state index >= 15 is 0 Å². The number of aryl methyl sites for hydroxylation is 1. The van der Waals surface area contributed by atoms with Gasteiger partial charge in [0.25, 0.3) is 21.6 Å². The minimum absolute atomic E-state index is 0.501. The van der Waals surface area contributed by atoms with Gasteiger partial charge in [-0.25, -0.2) is 13.8 Å². The van der Waals surface area contributed by atoms with Crippen LogP contribution < -0.4 is 15.6 Å². The quantitative estimate of drug-likeness (QED) is 0.355. The van der Waals surface area contributed by atoms with Crippen LogP contribution in [0.1, 0.15) is 15.9 Å². The molecule has 0 atom stereocenters. The maximum atomic E-state index is 13.5. The number of carbonyl (C=O) groups is 1. The van der Waals surface area contributed by atoms with Crippen LogP contribution in [0.3, 0.4) is 0 Å². The summed E-state index contributed by atoms with van der Waals surface area (Å²) in [4.78, 5) is 12.5. The van der Waals surface area contributed by atoms with Crippen LogP contribution in [0.2, 0.25) is 0 Å². The molecular formula is C17H15F6N3O3S. The Morgan fingerprint density at radius 3 is 1.80 bits per heavy atom. The SMILES string of the molecule is Cc1ccc(S(=O)(=O)NNC(NC(=O)c2ccccc2)(C(F)(F)F)C(F)(F)F)cc1. The Labute approximate surface area is 167 Å². The second kappa shape index (κ2) is 8.24. The van der Waals surface area contributed by atoms with E-state index in [0.717, 1.165) is 39.8 Å². The molecule has 0 unspecified atom stereocenters. The highest BCUT2D eigenvalue weighted by Crippen LogP contribution is 2.41. The van der Waals surface area contributed by atoms with E-state index in [0.29, 0.717) is 5.56 Å². The molecule has 0 aliphatic heterocycles. The summed E-state index contributed by atoms with van der Waals surface area (Å²) in [6.07, 6.45) is -12.4. The first-order valence-electron chi connectivity index (χ1n) is 8.06. The zero-order chi connectivity index (χ0) is 22.8. The minimum Gasteiger partial charge on any atom is -0.318 e. The van der Waals surface area contributed by atoms with E-state index < -0.39 is 44.4 Å². The molecule has 2 aromatic carbocycles. The Morgan fingerprint density at radius 1 is 0.833 bits per heavy atom. The Bertz CT molecular complexity index is 976. The van der Waals surface area contributed by atoms with Gasteiger partial charge in [0.2, 0.25) is 0 Å². The van der Waals surface area contributed by atoms with Crippen molar-refractivity contribution >= 4 is 15.9 Å². The third kappa shape index (κ3) is 4.91. The molecule has 0 bridgehead atoms. The van der Waals surface area contributed by atoms with Crippen molar-refractivity contribution in [3.8, 4) is 0 Å². The van der Waals surface area contributed by atoms with Gasteiger partial charge in [0.1, 0.15) is 0 Å². The average molecular weight is 455 g/mol. The third-order valence-corrected chi connectivity index (χ3v) is 5.16. The van der Waals surface area contributed by atoms with Crippen LogP contribution in [0.4, 0.5) is 26.3 Å². The summed E-state index contributed by atoms with van der Waals surface area (Å²) in [7, 11) is -4.84. The molecule has 0 fully saturated rings. The first kappa shape index (κ1) is 23.6. The molecule has 0 aliphatic carbocycles. The molecule has 0 aliphatic rings. The van der Waals surface area contributed by atoms with Crippen molar-refractivity contribution in [2.75, 3.05) is 0 Å². The molecule has 0 saturated heterocycles. The topological polar surface area (TPSA) is 87.3 Å². The lowest BCUT2D eigenvalue weighted by Gasteiger charge is -2.38. The number of hydrazine groups is 1. The number of rotatable bonds is 6. The fourth-order valence-electron chi connectivity index (χ4n) is 2.23. The van der Waals surface area contributed by atoms with Crippen molar-refractivity contribution < 1.29 is 39.6 Å². The lowest BCUT2D eigenvalue weighted by Crippen LogP contribution is -2.78. The second-order valence-corrected chi connectivity index (χ2v) is 7.79. The number of benzene rings is 2. The number of hydrogen-bond donors (Lipinski definition) is 3. The van der Waals surface area contributed by atoms with Crippen LogP contribution in [0.25, 0.3) is 0 Å². The maximum absolute atomic E-state index is 13.5. The zero-order valence-electron chi connectivity index (χ0n) is 15.1. The normalized spacial score (nSPS) is 13.2. The molecule has 2 rings (SSSR count). The summed E-state index contributed by atoms with van der Waals surface area (Å²) in [5.74, 6) is -1.73. The molecular weight excluding hydrogens is 440 g/mol. The van der Waals surface area contributed by atoms with Gasteiger partial charge < -0.3 is 5.32 Å². The molecule has 30 heavy (non-hydrogen) atoms. The Kier molecular flexibility index (Phi) is 6.49. The lowest BCUT2D eigenvalue weighted by molar-refractivity contribution is -0.315.